The maximum absolute atomic E-state index is 13.5. The number of anilines is 2. The number of ether oxygens (including phenoxy) is 1. The Hall–Kier alpha value is -4.27. The van der Waals surface area contributed by atoms with Gasteiger partial charge >= 0.3 is 5.97 Å². The van der Waals surface area contributed by atoms with Gasteiger partial charge in [0.15, 0.2) is 16.6 Å². The van der Waals surface area contributed by atoms with Crippen LogP contribution in [0.3, 0.4) is 0 Å². The predicted octanol–water partition coefficient (Wildman–Crippen LogP) is 6.93. The molecule has 0 radical (unpaired) electrons. The number of pyridine rings is 1. The first-order valence-corrected chi connectivity index (χ1v) is 12.4. The summed E-state index contributed by atoms with van der Waals surface area (Å²) in [6, 6.07) is 26.3. The number of carbonyl (C=O) groups is 1. The first-order chi connectivity index (χ1) is 18.0. The second-order valence-electron chi connectivity index (χ2n) is 8.04. The lowest BCUT2D eigenvalue weighted by atomic mass is 9.93. The van der Waals surface area contributed by atoms with Gasteiger partial charge in [-0.1, -0.05) is 72.3 Å². The highest BCUT2D eigenvalue weighted by Crippen LogP contribution is 2.40. The molecule has 184 valence electrons. The number of thiocarbonyl (C=S) groups is 1. The molecule has 0 unspecified atom stereocenters. The van der Waals surface area contributed by atoms with Gasteiger partial charge in [0, 0.05) is 21.8 Å². The smallest absolute Gasteiger partial charge is 0.341 e. The second kappa shape index (κ2) is 10.8. The Morgan fingerprint density at radius 2 is 1.62 bits per heavy atom. The molecule has 0 aliphatic rings. The number of aromatic nitrogens is 3. The standard InChI is InChI=1S/C28H22ClN5O2S/c1-2-36-27(35)22-21(17-13-15-19(29)16-14-17)23-25(31-24(22)18-9-5-3-6-10-18)33-34-26(23)32-28(37)30-20-11-7-4-8-12-20/h3-16H,2H2,1H3,(H3,30,31,32,33,34,37). The minimum atomic E-state index is -0.488. The number of carbonyl (C=O) groups excluding carboxylic acids is 1. The van der Waals surface area contributed by atoms with Gasteiger partial charge in [-0.3, -0.25) is 5.10 Å². The quantitative estimate of drug-likeness (QED) is 0.163. The number of nitrogens with zero attached hydrogens (tertiary/aromatic N) is 2. The van der Waals surface area contributed by atoms with Crippen LogP contribution < -0.4 is 10.6 Å². The highest BCUT2D eigenvalue weighted by molar-refractivity contribution is 7.80. The molecule has 0 aliphatic heterocycles. The highest BCUT2D eigenvalue weighted by Gasteiger charge is 2.27. The summed E-state index contributed by atoms with van der Waals surface area (Å²) in [5.74, 6) is -0.0659. The van der Waals surface area contributed by atoms with Crippen molar-refractivity contribution < 1.29 is 9.53 Å². The van der Waals surface area contributed by atoms with Gasteiger partial charge in [0.1, 0.15) is 0 Å². The van der Waals surface area contributed by atoms with E-state index in [-0.39, 0.29) is 6.61 Å². The topological polar surface area (TPSA) is 91.9 Å². The van der Waals surface area contributed by atoms with Crippen molar-refractivity contribution in [1.82, 2.24) is 15.2 Å². The fourth-order valence-electron chi connectivity index (χ4n) is 4.06. The van der Waals surface area contributed by atoms with Crippen LogP contribution in [-0.2, 0) is 4.74 Å². The van der Waals surface area contributed by atoms with Gasteiger partial charge in [0.25, 0.3) is 0 Å². The third-order valence-electron chi connectivity index (χ3n) is 5.63. The molecule has 5 aromatic rings. The summed E-state index contributed by atoms with van der Waals surface area (Å²) in [4.78, 5) is 18.3. The van der Waals surface area contributed by atoms with E-state index in [2.05, 4.69) is 20.8 Å². The van der Waals surface area contributed by atoms with Crippen molar-refractivity contribution in [3.05, 3.63) is 95.5 Å². The van der Waals surface area contributed by atoms with Gasteiger partial charge in [-0.05, 0) is 49.0 Å². The molecule has 7 nitrogen and oxygen atoms in total. The molecular weight excluding hydrogens is 506 g/mol. The summed E-state index contributed by atoms with van der Waals surface area (Å²) in [5.41, 5.74) is 4.26. The monoisotopic (exact) mass is 527 g/mol. The van der Waals surface area contributed by atoms with E-state index in [9.17, 15) is 4.79 Å². The van der Waals surface area contributed by atoms with Crippen LogP contribution in [0, 0.1) is 0 Å². The molecule has 0 spiro atoms. The molecule has 0 atom stereocenters. The summed E-state index contributed by atoms with van der Waals surface area (Å²) < 4.78 is 5.51. The number of halogens is 1. The molecule has 0 saturated carbocycles. The van der Waals surface area contributed by atoms with Crippen molar-refractivity contribution in [3.8, 4) is 22.4 Å². The number of aromatic amines is 1. The third kappa shape index (κ3) is 5.16. The number of hydrogen-bond donors (Lipinski definition) is 3. The average molecular weight is 528 g/mol. The normalized spacial score (nSPS) is 10.8. The maximum Gasteiger partial charge on any atom is 0.341 e. The van der Waals surface area contributed by atoms with Crippen LogP contribution in [-0.4, -0.2) is 32.9 Å². The molecule has 0 bridgehead atoms. The highest BCUT2D eigenvalue weighted by atomic mass is 35.5. The minimum absolute atomic E-state index is 0.215. The number of esters is 1. The number of rotatable bonds is 6. The lowest BCUT2D eigenvalue weighted by Gasteiger charge is -2.16. The van der Waals surface area contributed by atoms with Crippen LogP contribution in [0.5, 0.6) is 0 Å². The number of benzene rings is 3. The zero-order valence-corrected chi connectivity index (χ0v) is 21.4. The van der Waals surface area contributed by atoms with Crippen LogP contribution >= 0.6 is 23.8 Å². The molecule has 37 heavy (non-hydrogen) atoms. The fourth-order valence-corrected chi connectivity index (χ4v) is 4.40. The van der Waals surface area contributed by atoms with E-state index in [0.717, 1.165) is 16.8 Å². The average Bonchev–Trinajstić information content (AvgIpc) is 3.31. The molecule has 0 amide bonds. The van der Waals surface area contributed by atoms with Gasteiger partial charge in [-0.2, -0.15) is 5.10 Å². The van der Waals surface area contributed by atoms with Gasteiger partial charge in [-0.25, -0.2) is 9.78 Å². The molecule has 0 saturated heterocycles. The number of para-hydroxylation sites is 1. The zero-order valence-electron chi connectivity index (χ0n) is 19.8. The van der Waals surface area contributed by atoms with Crippen LogP contribution in [0.25, 0.3) is 33.4 Å². The third-order valence-corrected chi connectivity index (χ3v) is 6.09. The van der Waals surface area contributed by atoms with Crippen LogP contribution in [0.2, 0.25) is 5.02 Å². The van der Waals surface area contributed by atoms with E-state index in [1.54, 1.807) is 19.1 Å². The summed E-state index contributed by atoms with van der Waals surface area (Å²) in [6.45, 7) is 1.99. The Bertz CT molecular complexity index is 1570. The number of fused-ring (bicyclic) bond motifs is 1. The molecule has 9 heteroatoms. The van der Waals surface area contributed by atoms with Crippen LogP contribution in [0.15, 0.2) is 84.9 Å². The van der Waals surface area contributed by atoms with E-state index < -0.39 is 5.97 Å². The predicted molar refractivity (Wildman–Crippen MR) is 152 cm³/mol. The molecule has 0 fully saturated rings. The molecule has 2 heterocycles. The SMILES string of the molecule is CCOC(=O)c1c(-c2ccccc2)nc2[nH]nc(NC(=S)Nc3ccccc3)c2c1-c1ccc(Cl)cc1. The van der Waals surface area contributed by atoms with Crippen LogP contribution in [0.1, 0.15) is 17.3 Å². The number of nitrogens with one attached hydrogen (secondary N) is 3. The maximum atomic E-state index is 13.5. The Labute approximate surface area is 223 Å². The molecular formula is C28H22ClN5O2S. The summed E-state index contributed by atoms with van der Waals surface area (Å²) in [6.07, 6.45) is 0. The van der Waals surface area contributed by atoms with Crippen LogP contribution in [0.4, 0.5) is 11.5 Å². The number of hydrogen-bond acceptors (Lipinski definition) is 5. The van der Waals surface area contributed by atoms with Crippen molar-refractivity contribution >= 4 is 57.4 Å². The van der Waals surface area contributed by atoms with E-state index >= 15 is 0 Å². The largest absolute Gasteiger partial charge is 0.462 e. The molecule has 5 rings (SSSR count). The molecule has 0 aliphatic carbocycles. The first-order valence-electron chi connectivity index (χ1n) is 11.6. The van der Waals surface area contributed by atoms with Crippen molar-refractivity contribution in [2.24, 2.45) is 0 Å². The van der Waals surface area contributed by atoms with Crippen molar-refractivity contribution in [3.63, 3.8) is 0 Å². The Kier molecular flexibility index (Phi) is 7.11. The Balaban J connectivity index is 1.73. The number of H-pyrrole nitrogens is 1. The van der Waals surface area contributed by atoms with E-state index in [0.29, 0.717) is 43.8 Å². The van der Waals surface area contributed by atoms with Gasteiger partial charge < -0.3 is 15.4 Å². The lowest BCUT2D eigenvalue weighted by molar-refractivity contribution is 0.0528. The van der Waals surface area contributed by atoms with Crippen molar-refractivity contribution in [2.75, 3.05) is 17.2 Å². The van der Waals surface area contributed by atoms with Crippen molar-refractivity contribution in [2.45, 2.75) is 6.92 Å². The summed E-state index contributed by atoms with van der Waals surface area (Å²) in [5, 5.41) is 15.3. The second-order valence-corrected chi connectivity index (χ2v) is 8.89. The molecule has 2 aromatic heterocycles. The van der Waals surface area contributed by atoms with E-state index in [1.165, 1.54) is 0 Å². The lowest BCUT2D eigenvalue weighted by Crippen LogP contribution is -2.19. The summed E-state index contributed by atoms with van der Waals surface area (Å²) >= 11 is 11.7. The molecule has 3 aromatic carbocycles. The zero-order chi connectivity index (χ0) is 25.8. The van der Waals surface area contributed by atoms with E-state index in [1.807, 2.05) is 72.8 Å². The van der Waals surface area contributed by atoms with Crippen molar-refractivity contribution in [1.29, 1.82) is 0 Å². The summed E-state index contributed by atoms with van der Waals surface area (Å²) in [7, 11) is 0. The Morgan fingerprint density at radius 3 is 2.30 bits per heavy atom. The van der Waals surface area contributed by atoms with E-state index in [4.69, 9.17) is 33.5 Å². The molecule has 3 N–H and O–H groups in total. The van der Waals surface area contributed by atoms with Gasteiger partial charge in [-0.15, -0.1) is 0 Å². The van der Waals surface area contributed by atoms with Gasteiger partial charge in [0.05, 0.1) is 23.3 Å². The minimum Gasteiger partial charge on any atom is -0.462 e. The van der Waals surface area contributed by atoms with Gasteiger partial charge in [0.2, 0.25) is 0 Å². The first kappa shape index (κ1) is 24.4. The Morgan fingerprint density at radius 1 is 0.946 bits per heavy atom. The fraction of sp³-hybridized carbons (Fsp3) is 0.0714.